The number of nitrogens with zero attached hydrogens (tertiary/aromatic N) is 1. The highest BCUT2D eigenvalue weighted by Gasteiger charge is 2.25. The third-order valence-corrected chi connectivity index (χ3v) is 10.2. The topological polar surface area (TPSA) is 108 Å². The molecule has 0 fully saturated rings. The zero-order valence-corrected chi connectivity index (χ0v) is 37.8. The minimum absolute atomic E-state index is 0.180. The fourth-order valence-corrected chi connectivity index (χ4v) is 6.51. The molecule has 0 saturated heterocycles. The molecule has 2 atom stereocenters. The molecule has 0 aromatic heterocycles. The quantitative estimate of drug-likeness (QED) is 0.0213. The molecule has 0 heterocycles. The van der Waals surface area contributed by atoms with Crippen LogP contribution in [0.25, 0.3) is 0 Å². The predicted octanol–water partition coefficient (Wildman–Crippen LogP) is 12.4. The highest BCUT2D eigenvalue weighted by Crippen LogP contribution is 2.15. The fourth-order valence-electron chi connectivity index (χ4n) is 6.51. The Morgan fingerprint density at radius 2 is 0.947 bits per heavy atom. The number of esters is 2. The minimum Gasteiger partial charge on any atom is -0.477 e. The molecular formula is C48H90NO8+. The molecule has 334 valence electrons. The molecule has 0 bridgehead atoms. The van der Waals surface area contributed by atoms with Gasteiger partial charge >= 0.3 is 17.9 Å². The average Bonchev–Trinajstić information content (AvgIpc) is 3.17. The first-order valence-electron chi connectivity index (χ1n) is 23.5. The molecule has 0 aliphatic heterocycles. The zero-order valence-electron chi connectivity index (χ0n) is 37.8. The highest BCUT2D eigenvalue weighted by atomic mass is 16.7. The largest absolute Gasteiger partial charge is 0.477 e. The molecule has 0 aromatic carbocycles. The number of likely N-dealkylation sites (N-methyl/N-ethyl adjacent to an activating group) is 1. The third kappa shape index (κ3) is 41.7. The van der Waals surface area contributed by atoms with Crippen LogP contribution in [0.15, 0.2) is 24.3 Å². The molecule has 0 rings (SSSR count). The van der Waals surface area contributed by atoms with Gasteiger partial charge in [0.25, 0.3) is 6.29 Å². The van der Waals surface area contributed by atoms with E-state index in [0.717, 1.165) is 51.4 Å². The first kappa shape index (κ1) is 54.8. The van der Waals surface area contributed by atoms with E-state index in [0.29, 0.717) is 17.4 Å². The van der Waals surface area contributed by atoms with Crippen molar-refractivity contribution in [2.75, 3.05) is 47.5 Å². The lowest BCUT2D eigenvalue weighted by atomic mass is 10.1. The predicted molar refractivity (Wildman–Crippen MR) is 235 cm³/mol. The van der Waals surface area contributed by atoms with Crippen molar-refractivity contribution in [1.29, 1.82) is 0 Å². The van der Waals surface area contributed by atoms with Gasteiger partial charge in [0.05, 0.1) is 34.4 Å². The van der Waals surface area contributed by atoms with E-state index < -0.39 is 24.3 Å². The summed E-state index contributed by atoms with van der Waals surface area (Å²) < 4.78 is 22.7. The van der Waals surface area contributed by atoms with Gasteiger partial charge in [0.2, 0.25) is 0 Å². The Morgan fingerprint density at radius 3 is 1.39 bits per heavy atom. The van der Waals surface area contributed by atoms with Crippen molar-refractivity contribution in [2.24, 2.45) is 0 Å². The second-order valence-corrected chi connectivity index (χ2v) is 17.1. The summed E-state index contributed by atoms with van der Waals surface area (Å²) in [5.74, 6) is -2.00. The maximum absolute atomic E-state index is 12.8. The molecule has 0 aromatic rings. The second-order valence-electron chi connectivity index (χ2n) is 17.1. The third-order valence-electron chi connectivity index (χ3n) is 10.2. The number of allylic oxidation sites excluding steroid dienone is 4. The van der Waals surface area contributed by atoms with Gasteiger partial charge in [0.15, 0.2) is 6.10 Å². The van der Waals surface area contributed by atoms with Gasteiger partial charge in [0.1, 0.15) is 13.2 Å². The Kier molecular flexibility index (Phi) is 39.0. The van der Waals surface area contributed by atoms with E-state index in [2.05, 4.69) is 38.2 Å². The molecule has 57 heavy (non-hydrogen) atoms. The molecule has 1 N–H and O–H groups in total. The van der Waals surface area contributed by atoms with Crippen LogP contribution in [0.3, 0.4) is 0 Å². The number of hydrogen-bond donors (Lipinski definition) is 1. The van der Waals surface area contributed by atoms with Gasteiger partial charge in [0, 0.05) is 12.8 Å². The number of carboxylic acids is 1. The normalized spacial score (nSPS) is 13.1. The lowest BCUT2D eigenvalue weighted by Gasteiger charge is -2.25. The number of carbonyl (C=O) groups is 3. The first-order valence-corrected chi connectivity index (χ1v) is 23.5. The van der Waals surface area contributed by atoms with Crippen LogP contribution in [0.4, 0.5) is 0 Å². The summed E-state index contributed by atoms with van der Waals surface area (Å²) >= 11 is 0. The molecule has 0 spiro atoms. The Balaban J connectivity index is 4.35. The number of rotatable bonds is 43. The second kappa shape index (κ2) is 40.5. The smallest absolute Gasteiger partial charge is 0.361 e. The number of unbranched alkanes of at least 4 members (excludes halogenated alkanes) is 24. The van der Waals surface area contributed by atoms with Gasteiger partial charge in [-0.25, -0.2) is 4.79 Å². The van der Waals surface area contributed by atoms with Crippen LogP contribution in [-0.2, 0) is 33.3 Å². The molecular weight excluding hydrogens is 719 g/mol. The van der Waals surface area contributed by atoms with Crippen LogP contribution in [0.5, 0.6) is 0 Å². The maximum Gasteiger partial charge on any atom is 0.361 e. The molecule has 0 aliphatic carbocycles. The van der Waals surface area contributed by atoms with Gasteiger partial charge in [-0.15, -0.1) is 0 Å². The number of quaternary nitrogens is 1. The van der Waals surface area contributed by atoms with Crippen LogP contribution in [0.2, 0.25) is 0 Å². The zero-order chi connectivity index (χ0) is 42.1. The Morgan fingerprint density at radius 1 is 0.526 bits per heavy atom. The number of carbonyl (C=O) groups excluding carboxylic acids is 2. The van der Waals surface area contributed by atoms with Crippen LogP contribution < -0.4 is 0 Å². The lowest BCUT2D eigenvalue weighted by molar-refractivity contribution is -0.870. The van der Waals surface area contributed by atoms with E-state index in [1.807, 2.05) is 21.1 Å². The average molecular weight is 809 g/mol. The fraction of sp³-hybridized carbons (Fsp3) is 0.854. The summed E-state index contributed by atoms with van der Waals surface area (Å²) in [7, 11) is 5.96. The highest BCUT2D eigenvalue weighted by molar-refractivity contribution is 5.71. The summed E-state index contributed by atoms with van der Waals surface area (Å²) in [6.07, 6.45) is 40.9. The molecule has 0 saturated carbocycles. The summed E-state index contributed by atoms with van der Waals surface area (Å²) in [5, 5.41) is 9.63. The number of carboxylic acid groups (broad SMARTS) is 1. The summed E-state index contributed by atoms with van der Waals surface area (Å²) in [4.78, 5) is 37.1. The van der Waals surface area contributed by atoms with Gasteiger partial charge < -0.3 is 28.5 Å². The molecule has 0 radical (unpaired) electrons. The molecule has 9 nitrogen and oxygen atoms in total. The van der Waals surface area contributed by atoms with E-state index in [-0.39, 0.29) is 32.2 Å². The van der Waals surface area contributed by atoms with E-state index in [9.17, 15) is 19.5 Å². The number of ether oxygens (including phenoxy) is 4. The Bertz CT molecular complexity index is 991. The van der Waals surface area contributed by atoms with Crippen molar-refractivity contribution in [3.05, 3.63) is 24.3 Å². The first-order chi connectivity index (χ1) is 27.6. The van der Waals surface area contributed by atoms with Crippen LogP contribution in [0, 0.1) is 0 Å². The van der Waals surface area contributed by atoms with Gasteiger partial charge in [-0.1, -0.05) is 173 Å². The maximum atomic E-state index is 12.8. The number of aliphatic carboxylic acids is 1. The molecule has 0 amide bonds. The van der Waals surface area contributed by atoms with Crippen LogP contribution >= 0.6 is 0 Å². The van der Waals surface area contributed by atoms with Gasteiger partial charge in [-0.3, -0.25) is 9.59 Å². The Hall–Kier alpha value is -2.23. The van der Waals surface area contributed by atoms with E-state index in [1.54, 1.807) is 0 Å². The van der Waals surface area contributed by atoms with Crippen molar-refractivity contribution >= 4 is 17.9 Å². The lowest BCUT2D eigenvalue weighted by Crippen LogP contribution is -2.40. The van der Waals surface area contributed by atoms with Crippen LogP contribution in [0.1, 0.15) is 206 Å². The van der Waals surface area contributed by atoms with E-state index >= 15 is 0 Å². The summed E-state index contributed by atoms with van der Waals surface area (Å²) in [5.41, 5.74) is 0. The van der Waals surface area contributed by atoms with Crippen LogP contribution in [-0.4, -0.2) is 87.4 Å². The summed E-state index contributed by atoms with van der Waals surface area (Å²) in [6.45, 7) is 4.86. The van der Waals surface area contributed by atoms with Crippen molar-refractivity contribution in [3.63, 3.8) is 0 Å². The van der Waals surface area contributed by atoms with Crippen molar-refractivity contribution < 1.29 is 42.9 Å². The van der Waals surface area contributed by atoms with Crippen molar-refractivity contribution in [1.82, 2.24) is 0 Å². The SMILES string of the molecule is CCCCCCC/C=C\C/C=C\CCCCCCCCCCCC(=O)OC(COC(=O)CCCCCCCCCCCCC)COC(OCC[N+](C)(C)C)C(=O)O. The molecule has 2 unspecified atom stereocenters. The van der Waals surface area contributed by atoms with E-state index in [4.69, 9.17) is 18.9 Å². The minimum atomic E-state index is -1.51. The standard InChI is InChI=1S/C48H89NO8/c1-6-8-10-12-14-16-18-19-20-21-22-23-24-25-26-27-29-31-33-35-37-39-46(51)57-44(43-56-48(47(52)53)54-41-40-49(3,4)5)42-55-45(50)38-36-34-32-30-28-17-15-13-11-9-7-2/h18-19,21-22,44,48H,6-17,20,23-43H2,1-5H3/p+1/b19-18-,22-21-. The van der Waals surface area contributed by atoms with Crippen molar-refractivity contribution in [3.8, 4) is 0 Å². The van der Waals surface area contributed by atoms with Gasteiger partial charge in [-0.2, -0.15) is 0 Å². The van der Waals surface area contributed by atoms with Gasteiger partial charge in [-0.05, 0) is 44.9 Å². The Labute approximate surface area is 350 Å². The number of hydrogen-bond acceptors (Lipinski definition) is 7. The summed E-state index contributed by atoms with van der Waals surface area (Å²) in [6, 6.07) is 0. The van der Waals surface area contributed by atoms with Crippen molar-refractivity contribution in [2.45, 2.75) is 219 Å². The molecule has 0 aliphatic rings. The molecule has 9 heteroatoms. The van der Waals surface area contributed by atoms with E-state index in [1.165, 1.54) is 128 Å². The monoisotopic (exact) mass is 809 g/mol.